The molecule has 0 radical (unpaired) electrons. The Morgan fingerprint density at radius 2 is 1.90 bits per heavy atom. The van der Waals surface area contributed by atoms with Gasteiger partial charge in [-0.05, 0) is 25.1 Å². The van der Waals surface area contributed by atoms with Gasteiger partial charge in [0.05, 0.1) is 28.5 Å². The highest BCUT2D eigenvalue weighted by Crippen LogP contribution is 2.28. The molecule has 21 heavy (non-hydrogen) atoms. The van der Waals surface area contributed by atoms with Gasteiger partial charge in [0.2, 0.25) is 0 Å². The number of hydrogen-bond acceptors (Lipinski definition) is 4. The molecule has 0 saturated heterocycles. The van der Waals surface area contributed by atoms with Crippen molar-refractivity contribution < 1.29 is 0 Å². The second-order valence-corrected chi connectivity index (χ2v) is 4.80. The third kappa shape index (κ3) is 2.54. The van der Waals surface area contributed by atoms with Crippen molar-refractivity contribution in [3.05, 3.63) is 66.1 Å². The smallest absolute Gasteiger partial charge is 0.103 e. The fourth-order valence-electron chi connectivity index (χ4n) is 2.30. The molecule has 0 aliphatic heterocycles. The number of para-hydroxylation sites is 1. The molecule has 0 fully saturated rings. The molecule has 1 N–H and O–H groups in total. The van der Waals surface area contributed by atoms with Crippen molar-refractivity contribution in [1.82, 2.24) is 9.97 Å². The molecule has 0 amide bonds. The maximum atomic E-state index is 9.32. The van der Waals surface area contributed by atoms with Crippen LogP contribution in [0, 0.1) is 11.3 Å². The Balaban J connectivity index is 2.05. The van der Waals surface area contributed by atoms with E-state index in [1.165, 1.54) is 0 Å². The molecule has 0 saturated carbocycles. The lowest BCUT2D eigenvalue weighted by atomic mass is 10.1. The molecule has 3 rings (SSSR count). The maximum Gasteiger partial charge on any atom is 0.103 e. The van der Waals surface area contributed by atoms with Crippen molar-refractivity contribution in [2.45, 2.75) is 13.0 Å². The number of anilines is 1. The van der Waals surface area contributed by atoms with Crippen LogP contribution in [-0.2, 0) is 0 Å². The van der Waals surface area contributed by atoms with Crippen molar-refractivity contribution >= 4 is 16.6 Å². The van der Waals surface area contributed by atoms with Gasteiger partial charge in [-0.15, -0.1) is 0 Å². The normalized spacial score (nSPS) is 11.8. The van der Waals surface area contributed by atoms with Crippen LogP contribution >= 0.6 is 0 Å². The summed E-state index contributed by atoms with van der Waals surface area (Å²) in [5.41, 5.74) is 3.15. The molecule has 0 spiro atoms. The summed E-state index contributed by atoms with van der Waals surface area (Å²) in [6, 6.07) is 15.8. The SMILES string of the molecule is CC(Nc1c(C#N)cnc2ccccc12)c1ccccn1. The summed E-state index contributed by atoms with van der Waals surface area (Å²) in [4.78, 5) is 8.66. The molecule has 0 bridgehead atoms. The second kappa shape index (κ2) is 5.59. The van der Waals surface area contributed by atoms with Crippen LogP contribution < -0.4 is 5.32 Å². The van der Waals surface area contributed by atoms with Gasteiger partial charge in [-0.3, -0.25) is 9.97 Å². The molecule has 4 heteroatoms. The Morgan fingerprint density at radius 1 is 1.10 bits per heavy atom. The predicted octanol–water partition coefficient (Wildman–Crippen LogP) is 3.67. The number of hydrogen-bond donors (Lipinski definition) is 1. The Hall–Kier alpha value is -2.93. The number of benzene rings is 1. The molecule has 1 atom stereocenters. The van der Waals surface area contributed by atoms with Crippen molar-refractivity contribution in [2.24, 2.45) is 0 Å². The minimum absolute atomic E-state index is 0.00380. The van der Waals surface area contributed by atoms with E-state index in [0.29, 0.717) is 5.56 Å². The summed E-state index contributed by atoms with van der Waals surface area (Å²) in [5, 5.41) is 13.7. The van der Waals surface area contributed by atoms with E-state index < -0.39 is 0 Å². The van der Waals surface area contributed by atoms with Crippen LogP contribution in [0.15, 0.2) is 54.9 Å². The van der Waals surface area contributed by atoms with Crippen molar-refractivity contribution in [3.8, 4) is 6.07 Å². The number of pyridine rings is 2. The topological polar surface area (TPSA) is 61.6 Å². The molecular formula is C17H14N4. The van der Waals surface area contributed by atoms with Crippen molar-refractivity contribution in [2.75, 3.05) is 5.32 Å². The fourth-order valence-corrected chi connectivity index (χ4v) is 2.30. The van der Waals surface area contributed by atoms with Crippen LogP contribution in [0.4, 0.5) is 5.69 Å². The third-order valence-corrected chi connectivity index (χ3v) is 3.39. The quantitative estimate of drug-likeness (QED) is 0.791. The van der Waals surface area contributed by atoms with Crippen molar-refractivity contribution in [1.29, 1.82) is 5.26 Å². The Morgan fingerprint density at radius 3 is 2.67 bits per heavy atom. The van der Waals surface area contributed by atoms with Gasteiger partial charge in [-0.2, -0.15) is 5.26 Å². The van der Waals surface area contributed by atoms with Gasteiger partial charge >= 0.3 is 0 Å². The first-order chi connectivity index (χ1) is 10.3. The average molecular weight is 274 g/mol. The number of fused-ring (bicyclic) bond motifs is 1. The summed E-state index contributed by atoms with van der Waals surface area (Å²) in [7, 11) is 0. The van der Waals surface area contributed by atoms with Gasteiger partial charge in [-0.1, -0.05) is 24.3 Å². The van der Waals surface area contributed by atoms with Crippen LogP contribution in [0.2, 0.25) is 0 Å². The van der Waals surface area contributed by atoms with E-state index >= 15 is 0 Å². The number of rotatable bonds is 3. The van der Waals surface area contributed by atoms with Gasteiger partial charge in [-0.25, -0.2) is 0 Å². The number of aromatic nitrogens is 2. The first-order valence-electron chi connectivity index (χ1n) is 6.75. The third-order valence-electron chi connectivity index (χ3n) is 3.39. The summed E-state index contributed by atoms with van der Waals surface area (Å²) in [6.07, 6.45) is 3.37. The van der Waals surface area contributed by atoms with Gasteiger partial charge < -0.3 is 5.32 Å². The van der Waals surface area contributed by atoms with Crippen LogP contribution in [0.3, 0.4) is 0 Å². The monoisotopic (exact) mass is 274 g/mol. The Kier molecular flexibility index (Phi) is 3.48. The minimum Gasteiger partial charge on any atom is -0.375 e. The van der Waals surface area contributed by atoms with E-state index in [0.717, 1.165) is 22.3 Å². The zero-order valence-corrected chi connectivity index (χ0v) is 11.6. The number of nitrogens with zero attached hydrogens (tertiary/aromatic N) is 3. The van der Waals surface area contributed by atoms with E-state index in [1.807, 2.05) is 49.4 Å². The first kappa shape index (κ1) is 13.1. The molecule has 1 aromatic carbocycles. The highest BCUT2D eigenvalue weighted by Gasteiger charge is 2.12. The van der Waals surface area contributed by atoms with Gasteiger partial charge in [0.15, 0.2) is 0 Å². The molecule has 4 nitrogen and oxygen atoms in total. The number of nitriles is 1. The molecule has 0 aliphatic carbocycles. The molecule has 1 unspecified atom stereocenters. The molecule has 2 aromatic heterocycles. The lowest BCUT2D eigenvalue weighted by Gasteiger charge is -2.17. The van der Waals surface area contributed by atoms with Crippen LogP contribution in [0.1, 0.15) is 24.2 Å². The summed E-state index contributed by atoms with van der Waals surface area (Å²) in [5.74, 6) is 0. The van der Waals surface area contributed by atoms with E-state index in [-0.39, 0.29) is 6.04 Å². The lowest BCUT2D eigenvalue weighted by Crippen LogP contribution is -2.10. The largest absolute Gasteiger partial charge is 0.375 e. The van der Waals surface area contributed by atoms with E-state index in [2.05, 4.69) is 21.4 Å². The van der Waals surface area contributed by atoms with Gasteiger partial charge in [0.25, 0.3) is 0 Å². The predicted molar refractivity (Wildman–Crippen MR) is 82.7 cm³/mol. The fraction of sp³-hybridized carbons (Fsp3) is 0.118. The first-order valence-corrected chi connectivity index (χ1v) is 6.75. The second-order valence-electron chi connectivity index (χ2n) is 4.80. The average Bonchev–Trinajstić information content (AvgIpc) is 2.56. The zero-order chi connectivity index (χ0) is 14.7. The maximum absolute atomic E-state index is 9.32. The minimum atomic E-state index is 0.00380. The van der Waals surface area contributed by atoms with Gasteiger partial charge in [0.1, 0.15) is 6.07 Å². The Labute approximate surface area is 123 Å². The standard InChI is InChI=1S/C17H14N4/c1-12(15-7-4-5-9-19-15)21-17-13(10-18)11-20-16-8-3-2-6-14(16)17/h2-9,11-12H,1H3,(H,20,21). The van der Waals surface area contributed by atoms with E-state index in [4.69, 9.17) is 0 Å². The van der Waals surface area contributed by atoms with Crippen LogP contribution in [0.5, 0.6) is 0 Å². The van der Waals surface area contributed by atoms with E-state index in [1.54, 1.807) is 12.4 Å². The van der Waals surface area contributed by atoms with Crippen LogP contribution in [-0.4, -0.2) is 9.97 Å². The molecular weight excluding hydrogens is 260 g/mol. The van der Waals surface area contributed by atoms with Crippen molar-refractivity contribution in [3.63, 3.8) is 0 Å². The summed E-state index contributed by atoms with van der Waals surface area (Å²) < 4.78 is 0. The molecule has 3 aromatic rings. The number of nitrogens with one attached hydrogen (secondary N) is 1. The lowest BCUT2D eigenvalue weighted by molar-refractivity contribution is 0.840. The highest BCUT2D eigenvalue weighted by molar-refractivity contribution is 5.93. The molecule has 2 heterocycles. The van der Waals surface area contributed by atoms with Gasteiger partial charge in [0, 0.05) is 17.8 Å². The van der Waals surface area contributed by atoms with E-state index in [9.17, 15) is 5.26 Å². The molecule has 0 aliphatic rings. The Bertz CT molecular complexity index is 806. The molecule has 102 valence electrons. The highest BCUT2D eigenvalue weighted by atomic mass is 14.9. The summed E-state index contributed by atoms with van der Waals surface area (Å²) >= 11 is 0. The summed E-state index contributed by atoms with van der Waals surface area (Å²) in [6.45, 7) is 2.03. The van der Waals surface area contributed by atoms with Crippen LogP contribution in [0.25, 0.3) is 10.9 Å². The zero-order valence-electron chi connectivity index (χ0n) is 11.6.